The summed E-state index contributed by atoms with van der Waals surface area (Å²) in [7, 11) is 1.75. The van der Waals surface area contributed by atoms with Crippen molar-refractivity contribution in [3.05, 3.63) is 58.1 Å². The van der Waals surface area contributed by atoms with E-state index in [4.69, 9.17) is 5.26 Å². The second-order valence-corrected chi connectivity index (χ2v) is 4.15. The van der Waals surface area contributed by atoms with Gasteiger partial charge in [0.15, 0.2) is 0 Å². The largest absolute Gasteiger partial charge is 0.508 e. The highest BCUT2D eigenvalue weighted by Gasteiger charge is 2.15. The molecule has 0 radical (unpaired) electrons. The van der Waals surface area contributed by atoms with Gasteiger partial charge in [-0.25, -0.2) is 0 Å². The Morgan fingerprint density at radius 3 is 2.55 bits per heavy atom. The minimum atomic E-state index is -0.587. The topological polar surface area (TPSA) is 90.4 Å². The molecule has 100 valence electrons. The van der Waals surface area contributed by atoms with E-state index in [2.05, 4.69) is 0 Å². The zero-order chi connectivity index (χ0) is 14.7. The predicted molar refractivity (Wildman–Crippen MR) is 74.0 cm³/mol. The fraction of sp³-hybridized carbons (Fsp3) is 0.0714. The third-order valence-electron chi connectivity index (χ3n) is 2.90. The van der Waals surface area contributed by atoms with Crippen LogP contribution in [0.3, 0.4) is 0 Å². The summed E-state index contributed by atoms with van der Waals surface area (Å²) in [4.78, 5) is 11.9. The van der Waals surface area contributed by atoms with Gasteiger partial charge in [-0.1, -0.05) is 6.07 Å². The van der Waals surface area contributed by atoms with E-state index in [-0.39, 0.29) is 17.0 Å². The van der Waals surface area contributed by atoms with Gasteiger partial charge in [-0.05, 0) is 24.3 Å². The molecule has 0 spiro atoms. The Bertz CT molecular complexity index is 707. The molecule has 2 aromatic carbocycles. The number of rotatable bonds is 3. The van der Waals surface area contributed by atoms with Gasteiger partial charge < -0.3 is 10.0 Å². The van der Waals surface area contributed by atoms with Gasteiger partial charge in [0.2, 0.25) is 0 Å². The Labute approximate surface area is 115 Å². The monoisotopic (exact) mass is 269 g/mol. The van der Waals surface area contributed by atoms with Crippen molar-refractivity contribution in [2.75, 3.05) is 11.9 Å². The summed E-state index contributed by atoms with van der Waals surface area (Å²) < 4.78 is 0. The van der Waals surface area contributed by atoms with Gasteiger partial charge in [-0.3, -0.25) is 10.1 Å². The van der Waals surface area contributed by atoms with Crippen LogP contribution in [-0.2, 0) is 0 Å². The van der Waals surface area contributed by atoms with Crippen LogP contribution in [0.2, 0.25) is 0 Å². The average molecular weight is 269 g/mol. The van der Waals surface area contributed by atoms with Crippen LogP contribution in [0, 0.1) is 21.4 Å². The normalized spacial score (nSPS) is 9.80. The molecule has 0 aliphatic rings. The van der Waals surface area contributed by atoms with Crippen molar-refractivity contribution in [3.8, 4) is 11.8 Å². The van der Waals surface area contributed by atoms with E-state index in [1.54, 1.807) is 42.3 Å². The second kappa shape index (κ2) is 5.28. The third kappa shape index (κ3) is 2.52. The van der Waals surface area contributed by atoms with Gasteiger partial charge in [0, 0.05) is 30.6 Å². The number of benzene rings is 2. The number of phenols is 1. The van der Waals surface area contributed by atoms with E-state index >= 15 is 0 Å². The number of nitriles is 1. The molecule has 1 N–H and O–H groups in total. The Morgan fingerprint density at radius 1 is 1.25 bits per heavy atom. The highest BCUT2D eigenvalue weighted by atomic mass is 16.6. The van der Waals surface area contributed by atoms with Gasteiger partial charge in [0.25, 0.3) is 5.69 Å². The molecule has 2 aromatic rings. The van der Waals surface area contributed by atoms with E-state index in [1.807, 2.05) is 6.07 Å². The molecule has 0 saturated heterocycles. The molecule has 20 heavy (non-hydrogen) atoms. The fourth-order valence-electron chi connectivity index (χ4n) is 1.83. The molecule has 6 nitrogen and oxygen atoms in total. The van der Waals surface area contributed by atoms with Crippen LogP contribution in [0.4, 0.5) is 17.1 Å². The van der Waals surface area contributed by atoms with Crippen molar-refractivity contribution in [3.63, 3.8) is 0 Å². The number of hydrogen-bond donors (Lipinski definition) is 1. The number of nitro benzene ring substituents is 1. The first-order valence-corrected chi connectivity index (χ1v) is 5.74. The molecule has 0 bridgehead atoms. The lowest BCUT2D eigenvalue weighted by atomic mass is 10.1. The van der Waals surface area contributed by atoms with Crippen molar-refractivity contribution in [1.29, 1.82) is 5.26 Å². The van der Waals surface area contributed by atoms with Crippen LogP contribution < -0.4 is 4.90 Å². The lowest BCUT2D eigenvalue weighted by Gasteiger charge is -2.19. The number of aromatic hydroxyl groups is 1. The molecule has 0 amide bonds. The minimum Gasteiger partial charge on any atom is -0.508 e. The summed E-state index contributed by atoms with van der Waals surface area (Å²) >= 11 is 0. The highest BCUT2D eigenvalue weighted by Crippen LogP contribution is 2.29. The molecule has 2 rings (SSSR count). The quantitative estimate of drug-likeness (QED) is 0.683. The first-order chi connectivity index (χ1) is 9.52. The number of nitrogens with zero attached hydrogens (tertiary/aromatic N) is 3. The summed E-state index contributed by atoms with van der Waals surface area (Å²) in [6.07, 6.45) is 0. The Balaban J connectivity index is 2.44. The smallest absolute Gasteiger partial charge is 0.287 e. The third-order valence-corrected chi connectivity index (χ3v) is 2.90. The Kier molecular flexibility index (Phi) is 3.53. The maximum absolute atomic E-state index is 10.8. The maximum atomic E-state index is 10.8. The SMILES string of the molecule is CN(c1cccc(O)c1)c1ccc([N+](=O)[O-])c(C#N)c1. The molecule has 0 heterocycles. The Hall–Kier alpha value is -3.07. The number of anilines is 2. The second-order valence-electron chi connectivity index (χ2n) is 4.15. The number of nitro groups is 1. The van der Waals surface area contributed by atoms with Gasteiger partial charge in [-0.2, -0.15) is 5.26 Å². The van der Waals surface area contributed by atoms with E-state index in [0.717, 1.165) is 0 Å². The molecule has 0 saturated carbocycles. The van der Waals surface area contributed by atoms with Crippen LogP contribution in [0.25, 0.3) is 0 Å². The first kappa shape index (κ1) is 13.4. The van der Waals surface area contributed by atoms with E-state index in [9.17, 15) is 15.2 Å². The number of phenolic OH excluding ortho intramolecular Hbond substituents is 1. The highest BCUT2D eigenvalue weighted by molar-refractivity contribution is 5.67. The molecule has 0 aliphatic carbocycles. The van der Waals surface area contributed by atoms with Crippen molar-refractivity contribution in [2.24, 2.45) is 0 Å². The summed E-state index contributed by atoms with van der Waals surface area (Å²) in [5, 5.41) is 29.2. The van der Waals surface area contributed by atoms with Crippen LogP contribution in [0.1, 0.15) is 5.56 Å². The van der Waals surface area contributed by atoms with Crippen molar-refractivity contribution in [2.45, 2.75) is 0 Å². The maximum Gasteiger partial charge on any atom is 0.287 e. The zero-order valence-electron chi connectivity index (χ0n) is 10.6. The molecule has 0 unspecified atom stereocenters. The van der Waals surface area contributed by atoms with Crippen LogP contribution >= 0.6 is 0 Å². The van der Waals surface area contributed by atoms with E-state index < -0.39 is 4.92 Å². The number of hydrogen-bond acceptors (Lipinski definition) is 5. The average Bonchev–Trinajstić information content (AvgIpc) is 2.45. The summed E-state index contributed by atoms with van der Waals surface area (Å²) in [5.74, 6) is 0.122. The molecule has 0 aliphatic heterocycles. The van der Waals surface area contributed by atoms with Gasteiger partial charge in [-0.15, -0.1) is 0 Å². The molecular weight excluding hydrogens is 258 g/mol. The van der Waals surface area contributed by atoms with Crippen LogP contribution in [-0.4, -0.2) is 17.1 Å². The first-order valence-electron chi connectivity index (χ1n) is 5.74. The molecule has 0 fully saturated rings. The van der Waals surface area contributed by atoms with Gasteiger partial charge >= 0.3 is 0 Å². The zero-order valence-corrected chi connectivity index (χ0v) is 10.6. The minimum absolute atomic E-state index is 0.000460. The Morgan fingerprint density at radius 2 is 1.95 bits per heavy atom. The molecule has 6 heteroatoms. The lowest BCUT2D eigenvalue weighted by Crippen LogP contribution is -2.09. The van der Waals surface area contributed by atoms with E-state index in [1.165, 1.54) is 12.1 Å². The summed E-state index contributed by atoms with van der Waals surface area (Å²) in [6, 6.07) is 12.7. The lowest BCUT2D eigenvalue weighted by molar-refractivity contribution is -0.385. The van der Waals surface area contributed by atoms with Crippen molar-refractivity contribution < 1.29 is 10.0 Å². The predicted octanol–water partition coefficient (Wildman–Crippen LogP) is 2.94. The summed E-state index contributed by atoms with van der Waals surface area (Å²) in [5.41, 5.74) is 1.11. The standard InChI is InChI=1S/C14H11N3O3/c1-16(11-3-2-4-13(18)8-11)12-5-6-14(17(19)20)10(7-12)9-15/h2-8,18H,1H3. The van der Waals surface area contributed by atoms with Gasteiger partial charge in [0.05, 0.1) is 4.92 Å². The molecular formula is C14H11N3O3. The van der Waals surface area contributed by atoms with Gasteiger partial charge in [0.1, 0.15) is 17.4 Å². The van der Waals surface area contributed by atoms with Crippen LogP contribution in [0.15, 0.2) is 42.5 Å². The van der Waals surface area contributed by atoms with Crippen molar-refractivity contribution in [1.82, 2.24) is 0 Å². The summed E-state index contributed by atoms with van der Waals surface area (Å²) in [6.45, 7) is 0. The van der Waals surface area contributed by atoms with E-state index in [0.29, 0.717) is 11.4 Å². The van der Waals surface area contributed by atoms with Crippen LogP contribution in [0.5, 0.6) is 5.75 Å². The molecule has 0 aromatic heterocycles. The van der Waals surface area contributed by atoms with Crippen molar-refractivity contribution >= 4 is 17.1 Å². The molecule has 0 atom stereocenters. The fourth-order valence-corrected chi connectivity index (χ4v) is 1.83.